The monoisotopic (exact) mass is 256 g/mol. The Morgan fingerprint density at radius 2 is 2.00 bits per heavy atom. The summed E-state index contributed by atoms with van der Waals surface area (Å²) >= 11 is 0. The van der Waals surface area contributed by atoms with Crippen molar-refractivity contribution in [2.24, 2.45) is 0 Å². The van der Waals surface area contributed by atoms with E-state index in [1.807, 2.05) is 6.92 Å². The highest BCUT2D eigenvalue weighted by molar-refractivity contribution is 5.69. The summed E-state index contributed by atoms with van der Waals surface area (Å²) in [5.74, 6) is -0.0517. The van der Waals surface area contributed by atoms with Gasteiger partial charge in [0.25, 0.3) is 0 Å². The van der Waals surface area contributed by atoms with Gasteiger partial charge >= 0.3 is 5.97 Å². The van der Waals surface area contributed by atoms with Crippen molar-refractivity contribution < 1.29 is 9.53 Å². The minimum Gasteiger partial charge on any atom is -0.466 e. The predicted octanol–water partition coefficient (Wildman–Crippen LogP) is 1.79. The van der Waals surface area contributed by atoms with Gasteiger partial charge in [-0.3, -0.25) is 4.79 Å². The number of piperidine rings is 1. The van der Waals surface area contributed by atoms with Crippen molar-refractivity contribution in [2.45, 2.75) is 51.5 Å². The molecule has 1 N–H and O–H groups in total. The molecule has 0 spiro atoms. The molecule has 0 aromatic heterocycles. The lowest BCUT2D eigenvalue weighted by Gasteiger charge is -2.31. The summed E-state index contributed by atoms with van der Waals surface area (Å²) < 4.78 is 4.91. The lowest BCUT2D eigenvalue weighted by molar-refractivity contribution is -0.143. The molecule has 0 unspecified atom stereocenters. The van der Waals surface area contributed by atoms with E-state index in [0.717, 1.165) is 38.5 Å². The van der Waals surface area contributed by atoms with Crippen LogP contribution in [0.1, 0.15) is 45.4 Å². The van der Waals surface area contributed by atoms with Crippen LogP contribution in [0.3, 0.4) is 0 Å². The first-order valence-electron chi connectivity index (χ1n) is 7.30. The van der Waals surface area contributed by atoms with E-state index in [1.54, 1.807) is 0 Å². The maximum atomic E-state index is 11.1. The average Bonchev–Trinajstić information content (AvgIpc) is 2.39. The van der Waals surface area contributed by atoms with Crippen LogP contribution in [0.25, 0.3) is 0 Å². The zero-order chi connectivity index (χ0) is 13.2. The normalized spacial score (nSPS) is 17.1. The molecule has 0 aliphatic carbocycles. The van der Waals surface area contributed by atoms with E-state index in [0.29, 0.717) is 13.0 Å². The van der Waals surface area contributed by atoms with Crippen LogP contribution < -0.4 is 5.32 Å². The second-order valence-electron chi connectivity index (χ2n) is 5.08. The van der Waals surface area contributed by atoms with Gasteiger partial charge in [0.05, 0.1) is 6.61 Å². The Kier molecular flexibility index (Phi) is 8.01. The van der Waals surface area contributed by atoms with Crippen LogP contribution in [-0.4, -0.2) is 50.2 Å². The van der Waals surface area contributed by atoms with Gasteiger partial charge in [0.15, 0.2) is 0 Å². The van der Waals surface area contributed by atoms with Gasteiger partial charge in [-0.25, -0.2) is 0 Å². The molecule has 0 amide bonds. The van der Waals surface area contributed by atoms with Crippen molar-refractivity contribution in [3.8, 4) is 0 Å². The molecule has 0 radical (unpaired) electrons. The fourth-order valence-corrected chi connectivity index (χ4v) is 2.47. The van der Waals surface area contributed by atoms with Crippen LogP contribution >= 0.6 is 0 Å². The third-order valence-electron chi connectivity index (χ3n) is 3.63. The topological polar surface area (TPSA) is 41.6 Å². The van der Waals surface area contributed by atoms with Crippen LogP contribution in [0.5, 0.6) is 0 Å². The zero-order valence-electron chi connectivity index (χ0n) is 11.9. The van der Waals surface area contributed by atoms with Crippen molar-refractivity contribution in [3.63, 3.8) is 0 Å². The molecule has 1 fully saturated rings. The first-order valence-corrected chi connectivity index (χ1v) is 7.30. The highest BCUT2D eigenvalue weighted by atomic mass is 16.5. The molecule has 4 heteroatoms. The second-order valence-corrected chi connectivity index (χ2v) is 5.08. The van der Waals surface area contributed by atoms with Gasteiger partial charge < -0.3 is 15.0 Å². The molecular weight excluding hydrogens is 228 g/mol. The van der Waals surface area contributed by atoms with E-state index >= 15 is 0 Å². The molecule has 1 aliphatic rings. The Hall–Kier alpha value is -0.610. The van der Waals surface area contributed by atoms with Gasteiger partial charge in [-0.2, -0.15) is 0 Å². The molecule has 0 aromatic carbocycles. The van der Waals surface area contributed by atoms with E-state index in [1.165, 1.54) is 19.3 Å². The third-order valence-corrected chi connectivity index (χ3v) is 3.63. The fourth-order valence-electron chi connectivity index (χ4n) is 2.47. The number of ether oxygens (including phenoxy) is 1. The molecule has 0 aromatic rings. The van der Waals surface area contributed by atoms with Gasteiger partial charge in [-0.15, -0.1) is 0 Å². The molecule has 4 nitrogen and oxygen atoms in total. The fraction of sp³-hybridized carbons (Fsp3) is 0.929. The van der Waals surface area contributed by atoms with E-state index in [-0.39, 0.29) is 5.97 Å². The zero-order valence-corrected chi connectivity index (χ0v) is 11.9. The number of hydrogen-bond acceptors (Lipinski definition) is 4. The molecule has 0 atom stereocenters. The van der Waals surface area contributed by atoms with Crippen LogP contribution in [0, 0.1) is 0 Å². The Balaban J connectivity index is 1.98. The van der Waals surface area contributed by atoms with E-state index < -0.39 is 0 Å². The molecule has 18 heavy (non-hydrogen) atoms. The summed E-state index contributed by atoms with van der Waals surface area (Å²) in [6.45, 7) is 5.80. The number of carbonyl (C=O) groups excluding carboxylic acids is 1. The molecule has 1 aliphatic heterocycles. The van der Waals surface area contributed by atoms with Gasteiger partial charge in [0, 0.05) is 12.5 Å². The van der Waals surface area contributed by atoms with E-state index in [4.69, 9.17) is 4.74 Å². The maximum Gasteiger partial charge on any atom is 0.305 e. The van der Waals surface area contributed by atoms with Gasteiger partial charge in [-0.05, 0) is 59.3 Å². The highest BCUT2D eigenvalue weighted by Gasteiger charge is 2.16. The Bertz CT molecular complexity index is 228. The number of unbranched alkanes of at least 4 members (excludes halogenated alkanes) is 2. The summed E-state index contributed by atoms with van der Waals surface area (Å²) in [5, 5.41) is 3.39. The Labute approximate surface area is 111 Å². The first-order chi connectivity index (χ1) is 8.74. The Morgan fingerprint density at radius 1 is 1.28 bits per heavy atom. The molecule has 106 valence electrons. The molecule has 0 saturated carbocycles. The van der Waals surface area contributed by atoms with Gasteiger partial charge in [-0.1, -0.05) is 6.42 Å². The quantitative estimate of drug-likeness (QED) is 0.531. The highest BCUT2D eigenvalue weighted by Crippen LogP contribution is 2.11. The van der Waals surface area contributed by atoms with Crippen molar-refractivity contribution in [2.75, 3.05) is 33.3 Å². The number of esters is 1. The van der Waals surface area contributed by atoms with Crippen molar-refractivity contribution in [1.82, 2.24) is 10.2 Å². The number of hydrogen-bond donors (Lipinski definition) is 1. The lowest BCUT2D eigenvalue weighted by Crippen LogP contribution is -2.41. The average molecular weight is 256 g/mol. The number of nitrogens with zero attached hydrogens (tertiary/aromatic N) is 1. The minimum atomic E-state index is -0.0517. The summed E-state index contributed by atoms with van der Waals surface area (Å²) in [6, 6.07) is 0.747. The lowest BCUT2D eigenvalue weighted by atomic mass is 10.0. The maximum absolute atomic E-state index is 11.1. The molecule has 1 rings (SSSR count). The van der Waals surface area contributed by atoms with Crippen molar-refractivity contribution in [3.05, 3.63) is 0 Å². The molecule has 0 bridgehead atoms. The number of carbonyl (C=O) groups is 1. The van der Waals surface area contributed by atoms with Crippen LogP contribution in [0.15, 0.2) is 0 Å². The second kappa shape index (κ2) is 9.34. The van der Waals surface area contributed by atoms with E-state index in [9.17, 15) is 4.79 Å². The summed E-state index contributed by atoms with van der Waals surface area (Å²) in [6.07, 6.45) is 6.36. The minimum absolute atomic E-state index is 0.0517. The molecule has 1 heterocycles. The summed E-state index contributed by atoms with van der Waals surface area (Å²) in [5.41, 5.74) is 0. The van der Waals surface area contributed by atoms with Crippen molar-refractivity contribution in [1.29, 1.82) is 0 Å². The standard InChI is InChI=1S/C14H28N2O2/c1-3-18-14(17)7-5-4-6-12-16(2)13-8-10-15-11-9-13/h13,15H,3-12H2,1-2H3. The number of rotatable bonds is 8. The van der Waals surface area contributed by atoms with Crippen LogP contribution in [0.4, 0.5) is 0 Å². The van der Waals surface area contributed by atoms with Gasteiger partial charge in [0.2, 0.25) is 0 Å². The van der Waals surface area contributed by atoms with E-state index in [2.05, 4.69) is 17.3 Å². The number of nitrogens with one attached hydrogen (secondary N) is 1. The van der Waals surface area contributed by atoms with Crippen LogP contribution in [-0.2, 0) is 9.53 Å². The van der Waals surface area contributed by atoms with Gasteiger partial charge in [0.1, 0.15) is 0 Å². The largest absolute Gasteiger partial charge is 0.466 e. The predicted molar refractivity (Wildman–Crippen MR) is 73.6 cm³/mol. The summed E-state index contributed by atoms with van der Waals surface area (Å²) in [7, 11) is 2.22. The summed E-state index contributed by atoms with van der Waals surface area (Å²) in [4.78, 5) is 13.6. The first kappa shape index (κ1) is 15.4. The third kappa shape index (κ3) is 6.36. The van der Waals surface area contributed by atoms with Crippen molar-refractivity contribution >= 4 is 5.97 Å². The smallest absolute Gasteiger partial charge is 0.305 e. The molecular formula is C14H28N2O2. The van der Waals surface area contributed by atoms with Crippen LogP contribution in [0.2, 0.25) is 0 Å². The SMILES string of the molecule is CCOC(=O)CCCCCN(C)C1CCNCC1. The Morgan fingerprint density at radius 3 is 2.67 bits per heavy atom. The molecule has 1 saturated heterocycles.